The Kier molecular flexibility index (Phi) is 3.99. The number of hydrogen-bond donors (Lipinski definition) is 2. The van der Waals surface area contributed by atoms with Gasteiger partial charge in [0.2, 0.25) is 5.91 Å². The SMILES string of the molecule is CNC(=O)C1CCCCN1c1cnccc1C(=O)O. The van der Waals surface area contributed by atoms with E-state index in [1.165, 1.54) is 18.5 Å². The van der Waals surface area contributed by atoms with Gasteiger partial charge in [-0.1, -0.05) is 0 Å². The fraction of sp³-hybridized carbons (Fsp3) is 0.462. The van der Waals surface area contributed by atoms with Crippen LogP contribution in [-0.2, 0) is 4.79 Å². The van der Waals surface area contributed by atoms with Crippen molar-refractivity contribution in [1.29, 1.82) is 0 Å². The molecule has 1 amide bonds. The lowest BCUT2D eigenvalue weighted by atomic mass is 9.99. The van der Waals surface area contributed by atoms with Crippen molar-refractivity contribution in [2.45, 2.75) is 25.3 Å². The molecule has 19 heavy (non-hydrogen) atoms. The van der Waals surface area contributed by atoms with E-state index < -0.39 is 5.97 Å². The van der Waals surface area contributed by atoms with E-state index in [0.717, 1.165) is 19.3 Å². The van der Waals surface area contributed by atoms with Gasteiger partial charge in [0.1, 0.15) is 6.04 Å². The van der Waals surface area contributed by atoms with Crippen LogP contribution in [0.25, 0.3) is 0 Å². The second-order valence-electron chi connectivity index (χ2n) is 4.52. The molecular weight excluding hydrogens is 246 g/mol. The van der Waals surface area contributed by atoms with E-state index in [1.807, 2.05) is 4.90 Å². The molecular formula is C13H17N3O3. The molecule has 1 aromatic heterocycles. The highest BCUT2D eigenvalue weighted by Gasteiger charge is 2.30. The second kappa shape index (κ2) is 5.69. The first-order valence-corrected chi connectivity index (χ1v) is 6.30. The summed E-state index contributed by atoms with van der Waals surface area (Å²) in [5.41, 5.74) is 0.703. The van der Waals surface area contributed by atoms with E-state index in [-0.39, 0.29) is 17.5 Å². The summed E-state index contributed by atoms with van der Waals surface area (Å²) in [5, 5.41) is 11.9. The number of carboxylic acids is 1. The number of aromatic carboxylic acids is 1. The lowest BCUT2D eigenvalue weighted by Crippen LogP contribution is -2.49. The maximum atomic E-state index is 11.9. The topological polar surface area (TPSA) is 82.5 Å². The van der Waals surface area contributed by atoms with Gasteiger partial charge in [0.05, 0.1) is 17.4 Å². The molecule has 1 unspecified atom stereocenters. The van der Waals surface area contributed by atoms with Gasteiger partial charge in [-0.25, -0.2) is 4.79 Å². The molecule has 6 heteroatoms. The van der Waals surface area contributed by atoms with E-state index in [4.69, 9.17) is 0 Å². The van der Waals surface area contributed by atoms with Gasteiger partial charge in [0.15, 0.2) is 0 Å². The molecule has 102 valence electrons. The van der Waals surface area contributed by atoms with Crippen LogP contribution in [0, 0.1) is 0 Å². The zero-order valence-electron chi connectivity index (χ0n) is 10.8. The van der Waals surface area contributed by atoms with Crippen molar-refractivity contribution in [3.8, 4) is 0 Å². The normalized spacial score (nSPS) is 19.0. The van der Waals surface area contributed by atoms with Gasteiger partial charge in [0, 0.05) is 19.8 Å². The van der Waals surface area contributed by atoms with Crippen molar-refractivity contribution in [1.82, 2.24) is 10.3 Å². The highest BCUT2D eigenvalue weighted by molar-refractivity contribution is 5.95. The zero-order chi connectivity index (χ0) is 13.8. The van der Waals surface area contributed by atoms with Gasteiger partial charge < -0.3 is 15.3 Å². The molecule has 1 fully saturated rings. The first-order chi connectivity index (χ1) is 9.15. The van der Waals surface area contributed by atoms with Crippen LogP contribution < -0.4 is 10.2 Å². The predicted molar refractivity (Wildman–Crippen MR) is 70.2 cm³/mol. The van der Waals surface area contributed by atoms with Gasteiger partial charge in [-0.15, -0.1) is 0 Å². The van der Waals surface area contributed by atoms with E-state index in [2.05, 4.69) is 10.3 Å². The molecule has 2 heterocycles. The third-order valence-electron chi connectivity index (χ3n) is 3.39. The van der Waals surface area contributed by atoms with Crippen molar-refractivity contribution in [2.75, 3.05) is 18.5 Å². The van der Waals surface area contributed by atoms with E-state index in [9.17, 15) is 14.7 Å². The van der Waals surface area contributed by atoms with Crippen molar-refractivity contribution >= 4 is 17.6 Å². The number of aromatic nitrogens is 1. The highest BCUT2D eigenvalue weighted by Crippen LogP contribution is 2.27. The molecule has 1 aliphatic rings. The third kappa shape index (κ3) is 2.67. The summed E-state index contributed by atoms with van der Waals surface area (Å²) in [5.74, 6) is -1.08. The Bertz CT molecular complexity index is 490. The maximum absolute atomic E-state index is 11.9. The Morgan fingerprint density at radius 1 is 1.47 bits per heavy atom. The quantitative estimate of drug-likeness (QED) is 0.846. The monoisotopic (exact) mass is 263 g/mol. The number of hydrogen-bond acceptors (Lipinski definition) is 4. The summed E-state index contributed by atoms with van der Waals surface area (Å²) in [7, 11) is 1.59. The minimum atomic E-state index is -1.00. The Morgan fingerprint density at radius 3 is 2.95 bits per heavy atom. The third-order valence-corrected chi connectivity index (χ3v) is 3.39. The molecule has 0 aromatic carbocycles. The standard InChI is InChI=1S/C13H17N3O3/c1-14-12(17)10-4-2-3-7-16(10)11-8-15-6-5-9(11)13(18)19/h5-6,8,10H,2-4,7H2,1H3,(H,14,17)(H,18,19). The number of rotatable bonds is 3. The Hall–Kier alpha value is -2.11. The first kappa shape index (κ1) is 13.3. The minimum absolute atomic E-state index is 0.0834. The summed E-state index contributed by atoms with van der Waals surface area (Å²) in [4.78, 5) is 29.0. The number of pyridine rings is 1. The lowest BCUT2D eigenvalue weighted by molar-refractivity contribution is -0.122. The van der Waals surface area contributed by atoms with Crippen LogP contribution in [0.4, 0.5) is 5.69 Å². The van der Waals surface area contributed by atoms with Crippen molar-refractivity contribution < 1.29 is 14.7 Å². The first-order valence-electron chi connectivity index (χ1n) is 6.30. The fourth-order valence-electron chi connectivity index (χ4n) is 2.45. The number of amides is 1. The van der Waals surface area contributed by atoms with Crippen LogP contribution in [0.5, 0.6) is 0 Å². The number of nitrogens with zero attached hydrogens (tertiary/aromatic N) is 2. The Labute approximate surface area is 111 Å². The molecule has 6 nitrogen and oxygen atoms in total. The summed E-state index contributed by atoms with van der Waals surface area (Å²) in [6.45, 7) is 0.671. The van der Waals surface area contributed by atoms with Crippen LogP contribution in [0.15, 0.2) is 18.5 Å². The van der Waals surface area contributed by atoms with Crippen LogP contribution in [0.1, 0.15) is 29.6 Å². The van der Waals surface area contributed by atoms with Crippen molar-refractivity contribution in [3.05, 3.63) is 24.0 Å². The average molecular weight is 263 g/mol. The zero-order valence-corrected chi connectivity index (χ0v) is 10.8. The smallest absolute Gasteiger partial charge is 0.337 e. The Balaban J connectivity index is 2.37. The number of carbonyl (C=O) groups excluding carboxylic acids is 1. The van der Waals surface area contributed by atoms with Crippen LogP contribution in [0.2, 0.25) is 0 Å². The Morgan fingerprint density at radius 2 is 2.26 bits per heavy atom. The molecule has 1 atom stereocenters. The van der Waals surface area contributed by atoms with E-state index >= 15 is 0 Å². The van der Waals surface area contributed by atoms with Gasteiger partial charge in [-0.3, -0.25) is 9.78 Å². The molecule has 1 aromatic rings. The molecule has 2 N–H and O–H groups in total. The summed E-state index contributed by atoms with van der Waals surface area (Å²) in [6.07, 6.45) is 5.61. The number of carbonyl (C=O) groups is 2. The number of carboxylic acid groups (broad SMARTS) is 1. The number of piperidine rings is 1. The molecule has 0 radical (unpaired) electrons. The maximum Gasteiger partial charge on any atom is 0.337 e. The fourth-order valence-corrected chi connectivity index (χ4v) is 2.45. The number of anilines is 1. The largest absolute Gasteiger partial charge is 0.478 e. The summed E-state index contributed by atoms with van der Waals surface area (Å²) < 4.78 is 0. The summed E-state index contributed by atoms with van der Waals surface area (Å²) in [6, 6.07) is 1.15. The average Bonchev–Trinajstić information content (AvgIpc) is 2.46. The molecule has 0 saturated carbocycles. The van der Waals surface area contributed by atoms with Crippen molar-refractivity contribution in [2.24, 2.45) is 0 Å². The van der Waals surface area contributed by atoms with Crippen LogP contribution in [0.3, 0.4) is 0 Å². The molecule has 2 rings (SSSR count). The number of nitrogens with one attached hydrogen (secondary N) is 1. The lowest BCUT2D eigenvalue weighted by Gasteiger charge is -2.36. The van der Waals surface area contributed by atoms with Gasteiger partial charge >= 0.3 is 5.97 Å². The van der Waals surface area contributed by atoms with Crippen molar-refractivity contribution in [3.63, 3.8) is 0 Å². The summed E-state index contributed by atoms with van der Waals surface area (Å²) >= 11 is 0. The van der Waals surface area contributed by atoms with Gasteiger partial charge in [0.25, 0.3) is 0 Å². The minimum Gasteiger partial charge on any atom is -0.478 e. The van der Waals surface area contributed by atoms with Crippen LogP contribution >= 0.6 is 0 Å². The molecule has 0 aliphatic carbocycles. The predicted octanol–water partition coefficient (Wildman–Crippen LogP) is 0.885. The van der Waals surface area contributed by atoms with E-state index in [1.54, 1.807) is 7.05 Å². The molecule has 1 aliphatic heterocycles. The van der Waals surface area contributed by atoms with Gasteiger partial charge in [-0.05, 0) is 25.3 Å². The molecule has 0 bridgehead atoms. The molecule has 1 saturated heterocycles. The van der Waals surface area contributed by atoms with Crippen LogP contribution in [-0.4, -0.2) is 41.6 Å². The number of likely N-dealkylation sites (N-methyl/N-ethyl adjacent to an activating group) is 1. The van der Waals surface area contributed by atoms with Gasteiger partial charge in [-0.2, -0.15) is 0 Å². The second-order valence-corrected chi connectivity index (χ2v) is 4.52. The molecule has 0 spiro atoms. The van der Waals surface area contributed by atoms with E-state index in [0.29, 0.717) is 12.2 Å². The highest BCUT2D eigenvalue weighted by atomic mass is 16.4.